The summed E-state index contributed by atoms with van der Waals surface area (Å²) in [7, 11) is 0. The van der Waals surface area contributed by atoms with Crippen molar-refractivity contribution in [2.45, 2.75) is 71.8 Å². The monoisotopic (exact) mass is 229 g/mol. The molecule has 0 fully saturated rings. The van der Waals surface area contributed by atoms with Gasteiger partial charge in [0.2, 0.25) is 0 Å². The second-order valence-corrected chi connectivity index (χ2v) is 4.75. The lowest BCUT2D eigenvalue weighted by atomic mass is 9.91. The Morgan fingerprint density at radius 2 is 1.81 bits per heavy atom. The second kappa shape index (κ2) is 11.4. The molecule has 2 heteroatoms. The van der Waals surface area contributed by atoms with E-state index in [4.69, 9.17) is 10.5 Å². The van der Waals surface area contributed by atoms with Crippen molar-refractivity contribution >= 4 is 0 Å². The molecule has 0 radical (unpaired) electrons. The van der Waals surface area contributed by atoms with E-state index in [1.807, 2.05) is 6.92 Å². The lowest BCUT2D eigenvalue weighted by molar-refractivity contribution is 0.141. The molecule has 2 N–H and O–H groups in total. The van der Waals surface area contributed by atoms with Gasteiger partial charge in [-0.2, -0.15) is 0 Å². The molecule has 0 aromatic rings. The van der Waals surface area contributed by atoms with E-state index in [0.29, 0.717) is 6.04 Å². The molecule has 0 aliphatic heterocycles. The molecule has 2 unspecified atom stereocenters. The smallest absolute Gasteiger partial charge is 0.0466 e. The number of ether oxygens (including phenoxy) is 1. The van der Waals surface area contributed by atoms with Gasteiger partial charge in [0, 0.05) is 19.3 Å². The molecule has 2 atom stereocenters. The van der Waals surface area contributed by atoms with Crippen molar-refractivity contribution in [3.05, 3.63) is 0 Å². The van der Waals surface area contributed by atoms with Gasteiger partial charge in [-0.1, -0.05) is 39.5 Å². The van der Waals surface area contributed by atoms with Crippen LogP contribution in [0.4, 0.5) is 0 Å². The summed E-state index contributed by atoms with van der Waals surface area (Å²) in [6.45, 7) is 8.28. The number of nitrogens with two attached hydrogens (primary N) is 1. The summed E-state index contributed by atoms with van der Waals surface area (Å²) in [6.07, 6.45) is 8.70. The first-order valence-corrected chi connectivity index (χ1v) is 7.07. The van der Waals surface area contributed by atoms with E-state index in [1.54, 1.807) is 0 Å². The van der Waals surface area contributed by atoms with Crippen LogP contribution in [0.15, 0.2) is 0 Å². The second-order valence-electron chi connectivity index (χ2n) is 4.75. The van der Waals surface area contributed by atoms with Gasteiger partial charge < -0.3 is 10.5 Å². The zero-order valence-electron chi connectivity index (χ0n) is 11.5. The summed E-state index contributed by atoms with van der Waals surface area (Å²) in [6, 6.07) is 0.377. The average molecular weight is 229 g/mol. The summed E-state index contributed by atoms with van der Waals surface area (Å²) < 4.78 is 5.32. The first kappa shape index (κ1) is 15.9. The molecule has 0 aromatic heterocycles. The van der Waals surface area contributed by atoms with Gasteiger partial charge in [-0.3, -0.25) is 0 Å². The van der Waals surface area contributed by atoms with Crippen molar-refractivity contribution in [2.24, 2.45) is 11.7 Å². The molecule has 98 valence electrons. The number of hydrogen-bond acceptors (Lipinski definition) is 2. The Morgan fingerprint density at radius 1 is 1.06 bits per heavy atom. The van der Waals surface area contributed by atoms with Crippen LogP contribution < -0.4 is 5.73 Å². The van der Waals surface area contributed by atoms with Crippen LogP contribution in [0.25, 0.3) is 0 Å². The van der Waals surface area contributed by atoms with Crippen molar-refractivity contribution in [1.29, 1.82) is 0 Å². The number of unbranched alkanes of at least 4 members (excludes halogenated alkanes) is 1. The predicted molar refractivity (Wildman–Crippen MR) is 71.6 cm³/mol. The van der Waals surface area contributed by atoms with Crippen LogP contribution in [0.1, 0.15) is 65.7 Å². The lowest BCUT2D eigenvalue weighted by Crippen LogP contribution is -2.24. The van der Waals surface area contributed by atoms with Crippen molar-refractivity contribution in [3.63, 3.8) is 0 Å². The maximum atomic E-state index is 6.15. The Bertz CT molecular complexity index is 139. The Kier molecular flexibility index (Phi) is 11.3. The first-order chi connectivity index (χ1) is 7.74. The van der Waals surface area contributed by atoms with Crippen LogP contribution in [-0.2, 0) is 4.74 Å². The highest BCUT2D eigenvalue weighted by Gasteiger charge is 2.11. The lowest BCUT2D eigenvalue weighted by Gasteiger charge is -2.19. The summed E-state index contributed by atoms with van der Waals surface area (Å²) >= 11 is 0. The fourth-order valence-corrected chi connectivity index (χ4v) is 2.12. The zero-order valence-corrected chi connectivity index (χ0v) is 11.5. The maximum absolute atomic E-state index is 6.15. The van der Waals surface area contributed by atoms with Gasteiger partial charge in [0.1, 0.15) is 0 Å². The standard InChI is InChI=1S/C14H31NO/c1-4-7-9-13(5-2)12-14(15)10-8-11-16-6-3/h13-14H,4-12,15H2,1-3H3. The summed E-state index contributed by atoms with van der Waals surface area (Å²) in [4.78, 5) is 0. The third-order valence-corrected chi connectivity index (χ3v) is 3.25. The number of rotatable bonds is 11. The zero-order chi connectivity index (χ0) is 12.2. The molecule has 0 aliphatic rings. The quantitative estimate of drug-likeness (QED) is 0.548. The van der Waals surface area contributed by atoms with Crippen molar-refractivity contribution < 1.29 is 4.74 Å². The molecule has 0 saturated heterocycles. The average Bonchev–Trinajstić information content (AvgIpc) is 2.30. The Morgan fingerprint density at radius 3 is 2.38 bits per heavy atom. The van der Waals surface area contributed by atoms with Gasteiger partial charge in [-0.25, -0.2) is 0 Å². The van der Waals surface area contributed by atoms with Gasteiger partial charge in [0.05, 0.1) is 0 Å². The first-order valence-electron chi connectivity index (χ1n) is 7.07. The predicted octanol–water partition coefficient (Wildman–Crippen LogP) is 3.74. The van der Waals surface area contributed by atoms with E-state index in [2.05, 4.69) is 13.8 Å². The molecule has 0 amide bonds. The molecule has 16 heavy (non-hydrogen) atoms. The fraction of sp³-hybridized carbons (Fsp3) is 1.00. The Labute approximate surface area is 102 Å². The minimum absolute atomic E-state index is 0.377. The van der Waals surface area contributed by atoms with Crippen molar-refractivity contribution in [1.82, 2.24) is 0 Å². The van der Waals surface area contributed by atoms with Crippen molar-refractivity contribution in [3.8, 4) is 0 Å². The molecule has 0 rings (SSSR count). The molecule has 0 spiro atoms. The van der Waals surface area contributed by atoms with E-state index in [9.17, 15) is 0 Å². The molecular formula is C14H31NO. The largest absolute Gasteiger partial charge is 0.382 e. The maximum Gasteiger partial charge on any atom is 0.0466 e. The molecule has 0 saturated carbocycles. The third kappa shape index (κ3) is 9.17. The molecule has 2 nitrogen and oxygen atoms in total. The van der Waals surface area contributed by atoms with Gasteiger partial charge in [0.15, 0.2) is 0 Å². The SMILES string of the molecule is CCCCC(CC)CC(N)CCCOCC. The van der Waals surface area contributed by atoms with Crippen LogP contribution in [0.3, 0.4) is 0 Å². The van der Waals surface area contributed by atoms with Gasteiger partial charge in [0.25, 0.3) is 0 Å². The van der Waals surface area contributed by atoms with Crippen molar-refractivity contribution in [2.75, 3.05) is 13.2 Å². The molecule has 0 aromatic carbocycles. The summed E-state index contributed by atoms with van der Waals surface area (Å²) in [5, 5.41) is 0. The molecule has 0 bridgehead atoms. The normalized spacial score (nSPS) is 15.0. The highest BCUT2D eigenvalue weighted by Crippen LogP contribution is 2.19. The molecule has 0 aliphatic carbocycles. The topological polar surface area (TPSA) is 35.2 Å². The van der Waals surface area contributed by atoms with E-state index < -0.39 is 0 Å². The summed E-state index contributed by atoms with van der Waals surface area (Å²) in [5.41, 5.74) is 6.15. The Hall–Kier alpha value is -0.0800. The highest BCUT2D eigenvalue weighted by atomic mass is 16.5. The van der Waals surface area contributed by atoms with E-state index in [1.165, 1.54) is 32.1 Å². The Balaban J connectivity index is 3.53. The van der Waals surface area contributed by atoms with Gasteiger partial charge in [-0.05, 0) is 32.1 Å². The summed E-state index contributed by atoms with van der Waals surface area (Å²) in [5.74, 6) is 0.835. The van der Waals surface area contributed by atoms with Crippen LogP contribution in [-0.4, -0.2) is 19.3 Å². The van der Waals surface area contributed by atoms with E-state index in [0.717, 1.165) is 32.0 Å². The minimum atomic E-state index is 0.377. The van der Waals surface area contributed by atoms with Crippen LogP contribution in [0.2, 0.25) is 0 Å². The van der Waals surface area contributed by atoms with E-state index in [-0.39, 0.29) is 0 Å². The highest BCUT2D eigenvalue weighted by molar-refractivity contribution is 4.68. The van der Waals surface area contributed by atoms with Gasteiger partial charge in [-0.15, -0.1) is 0 Å². The number of hydrogen-bond donors (Lipinski definition) is 1. The van der Waals surface area contributed by atoms with Gasteiger partial charge >= 0.3 is 0 Å². The van der Waals surface area contributed by atoms with Crippen LogP contribution in [0.5, 0.6) is 0 Å². The fourth-order valence-electron chi connectivity index (χ4n) is 2.12. The molecule has 0 heterocycles. The minimum Gasteiger partial charge on any atom is -0.382 e. The van der Waals surface area contributed by atoms with Crippen LogP contribution in [0, 0.1) is 5.92 Å². The molecular weight excluding hydrogens is 198 g/mol. The van der Waals surface area contributed by atoms with E-state index >= 15 is 0 Å². The third-order valence-electron chi connectivity index (χ3n) is 3.25. The van der Waals surface area contributed by atoms with Crippen LogP contribution >= 0.6 is 0 Å².